The number of rotatable bonds is 5. The molecule has 8 heteroatoms. The van der Waals surface area contributed by atoms with Crippen molar-refractivity contribution < 1.29 is 9.18 Å². The number of hydrogen-bond acceptors (Lipinski definition) is 4. The summed E-state index contributed by atoms with van der Waals surface area (Å²) in [6.07, 6.45) is 1.37. The van der Waals surface area contributed by atoms with Gasteiger partial charge in [0.25, 0.3) is 5.56 Å². The Balaban J connectivity index is 1.38. The third-order valence-corrected chi connectivity index (χ3v) is 5.83. The topological polar surface area (TPSA) is 67.2 Å². The second-order valence-electron chi connectivity index (χ2n) is 7.49. The van der Waals surface area contributed by atoms with E-state index in [0.717, 1.165) is 5.56 Å². The number of hydrogen-bond donors (Lipinski definition) is 1. The summed E-state index contributed by atoms with van der Waals surface area (Å²) < 4.78 is 14.5. The lowest BCUT2D eigenvalue weighted by molar-refractivity contribution is -0.125. The van der Waals surface area contributed by atoms with Gasteiger partial charge >= 0.3 is 0 Å². The SMILES string of the molecule is O=C(NCc1ccccc1Cl)C1CCN(c2ccc(=O)n(-c3ccc(F)cc3)n2)CC1. The Hall–Kier alpha value is -3.19. The number of carbonyl (C=O) groups excluding carboxylic acids is 1. The summed E-state index contributed by atoms with van der Waals surface area (Å²) in [5.74, 6) is 0.215. The zero-order valence-corrected chi connectivity index (χ0v) is 17.6. The maximum Gasteiger partial charge on any atom is 0.271 e. The maximum atomic E-state index is 13.2. The molecule has 2 aromatic carbocycles. The van der Waals surface area contributed by atoms with Gasteiger partial charge in [-0.1, -0.05) is 29.8 Å². The number of nitrogens with zero attached hydrogens (tertiary/aromatic N) is 3. The van der Waals surface area contributed by atoms with Gasteiger partial charge in [-0.2, -0.15) is 4.68 Å². The van der Waals surface area contributed by atoms with E-state index in [1.54, 1.807) is 12.1 Å². The number of nitrogens with one attached hydrogen (secondary N) is 1. The molecule has 1 N–H and O–H groups in total. The molecule has 0 aliphatic carbocycles. The smallest absolute Gasteiger partial charge is 0.271 e. The summed E-state index contributed by atoms with van der Waals surface area (Å²) >= 11 is 6.15. The van der Waals surface area contributed by atoms with Crippen LogP contribution in [0.4, 0.5) is 10.2 Å². The molecule has 0 bridgehead atoms. The Morgan fingerprint density at radius 2 is 1.77 bits per heavy atom. The second kappa shape index (κ2) is 9.31. The predicted molar refractivity (Wildman–Crippen MR) is 118 cm³/mol. The first-order valence-electron chi connectivity index (χ1n) is 10.1. The van der Waals surface area contributed by atoms with Gasteiger partial charge in [0.15, 0.2) is 0 Å². The number of halogens is 2. The van der Waals surface area contributed by atoms with E-state index in [0.29, 0.717) is 49.0 Å². The lowest BCUT2D eigenvalue weighted by atomic mass is 9.96. The largest absolute Gasteiger partial charge is 0.355 e. The fourth-order valence-electron chi connectivity index (χ4n) is 3.68. The maximum absolute atomic E-state index is 13.2. The molecule has 0 atom stereocenters. The number of carbonyl (C=O) groups is 1. The summed E-state index contributed by atoms with van der Waals surface area (Å²) in [5, 5.41) is 8.06. The molecule has 0 saturated carbocycles. The zero-order valence-electron chi connectivity index (χ0n) is 16.8. The van der Waals surface area contributed by atoms with E-state index in [4.69, 9.17) is 11.6 Å². The Kier molecular flexibility index (Phi) is 6.32. The molecule has 31 heavy (non-hydrogen) atoms. The number of anilines is 1. The van der Waals surface area contributed by atoms with Crippen LogP contribution in [0.15, 0.2) is 65.5 Å². The second-order valence-corrected chi connectivity index (χ2v) is 7.90. The molecule has 6 nitrogen and oxygen atoms in total. The molecule has 3 aromatic rings. The van der Waals surface area contributed by atoms with Crippen molar-refractivity contribution in [3.8, 4) is 5.69 Å². The molecule has 160 valence electrons. The number of piperidine rings is 1. The summed E-state index contributed by atoms with van der Waals surface area (Å²) in [6, 6.07) is 16.2. The van der Waals surface area contributed by atoms with Crippen molar-refractivity contribution in [3.63, 3.8) is 0 Å². The van der Waals surface area contributed by atoms with Crippen molar-refractivity contribution in [2.45, 2.75) is 19.4 Å². The average molecular weight is 441 g/mol. The summed E-state index contributed by atoms with van der Waals surface area (Å²) in [5.41, 5.74) is 1.11. The minimum Gasteiger partial charge on any atom is -0.355 e. The Morgan fingerprint density at radius 3 is 2.48 bits per heavy atom. The van der Waals surface area contributed by atoms with Crippen LogP contribution in [0.2, 0.25) is 5.02 Å². The standard InChI is InChI=1S/C23H22ClFN4O2/c24-20-4-2-1-3-17(20)15-26-23(31)16-11-13-28(14-12-16)21-9-10-22(30)29(27-21)19-7-5-18(25)6-8-19/h1-10,16H,11-15H2,(H,26,31). The van der Waals surface area contributed by atoms with Gasteiger partial charge in [0.05, 0.1) is 5.69 Å². The summed E-state index contributed by atoms with van der Waals surface area (Å²) in [6.45, 7) is 1.71. The normalized spacial score (nSPS) is 14.5. The predicted octanol–water partition coefficient (Wildman–Crippen LogP) is 3.56. The van der Waals surface area contributed by atoms with Crippen molar-refractivity contribution >= 4 is 23.3 Å². The van der Waals surface area contributed by atoms with Crippen LogP contribution in [0.5, 0.6) is 0 Å². The molecule has 1 aliphatic heterocycles. The minimum absolute atomic E-state index is 0.0174. The molecule has 2 heterocycles. The molecule has 1 saturated heterocycles. The van der Waals surface area contributed by atoms with Gasteiger partial charge in [-0.3, -0.25) is 9.59 Å². The highest BCUT2D eigenvalue weighted by Crippen LogP contribution is 2.22. The van der Waals surface area contributed by atoms with Gasteiger partial charge in [0, 0.05) is 36.6 Å². The van der Waals surface area contributed by atoms with Crippen LogP contribution in [0.3, 0.4) is 0 Å². The minimum atomic E-state index is -0.372. The molecule has 1 aliphatic rings. The highest BCUT2D eigenvalue weighted by atomic mass is 35.5. The number of amides is 1. The monoisotopic (exact) mass is 440 g/mol. The van der Waals surface area contributed by atoms with Gasteiger partial charge in [-0.15, -0.1) is 5.10 Å². The summed E-state index contributed by atoms with van der Waals surface area (Å²) in [4.78, 5) is 26.8. The Bertz CT molecular complexity index is 1120. The Morgan fingerprint density at radius 1 is 1.06 bits per heavy atom. The molecule has 4 rings (SSSR count). The van der Waals surface area contributed by atoms with Gasteiger partial charge < -0.3 is 10.2 Å². The van der Waals surface area contributed by atoms with E-state index < -0.39 is 0 Å². The molecule has 0 spiro atoms. The van der Waals surface area contributed by atoms with E-state index in [1.165, 1.54) is 35.0 Å². The quantitative estimate of drug-likeness (QED) is 0.658. The van der Waals surface area contributed by atoms with Gasteiger partial charge in [-0.05, 0) is 54.8 Å². The zero-order chi connectivity index (χ0) is 21.8. The Labute approximate surface area is 184 Å². The summed E-state index contributed by atoms with van der Waals surface area (Å²) in [7, 11) is 0. The molecule has 0 unspecified atom stereocenters. The third-order valence-electron chi connectivity index (χ3n) is 5.46. The molecular weight excluding hydrogens is 419 g/mol. The van der Waals surface area contributed by atoms with Crippen LogP contribution >= 0.6 is 11.6 Å². The first-order valence-corrected chi connectivity index (χ1v) is 10.5. The molecule has 0 radical (unpaired) electrons. The van der Waals surface area contributed by atoms with E-state index in [1.807, 2.05) is 18.2 Å². The molecule has 1 aromatic heterocycles. The van der Waals surface area contributed by atoms with E-state index in [-0.39, 0.29) is 23.2 Å². The van der Waals surface area contributed by atoms with Crippen LogP contribution < -0.4 is 15.8 Å². The number of aromatic nitrogens is 2. The molecular formula is C23H22ClFN4O2. The van der Waals surface area contributed by atoms with E-state index in [9.17, 15) is 14.0 Å². The van der Waals surface area contributed by atoms with Crippen LogP contribution in [0, 0.1) is 11.7 Å². The first-order chi connectivity index (χ1) is 15.0. The van der Waals surface area contributed by atoms with Crippen molar-refractivity contribution in [1.29, 1.82) is 0 Å². The van der Waals surface area contributed by atoms with Crippen molar-refractivity contribution in [1.82, 2.24) is 15.1 Å². The molecule has 1 fully saturated rings. The highest BCUT2D eigenvalue weighted by Gasteiger charge is 2.26. The lowest BCUT2D eigenvalue weighted by Crippen LogP contribution is -2.41. The van der Waals surface area contributed by atoms with Gasteiger partial charge in [-0.25, -0.2) is 4.39 Å². The van der Waals surface area contributed by atoms with Crippen LogP contribution in [-0.4, -0.2) is 28.8 Å². The molecule has 1 amide bonds. The van der Waals surface area contributed by atoms with E-state index in [2.05, 4.69) is 15.3 Å². The average Bonchev–Trinajstić information content (AvgIpc) is 2.79. The highest BCUT2D eigenvalue weighted by molar-refractivity contribution is 6.31. The van der Waals surface area contributed by atoms with Crippen LogP contribution in [-0.2, 0) is 11.3 Å². The van der Waals surface area contributed by atoms with E-state index >= 15 is 0 Å². The first kappa shape index (κ1) is 21.1. The fraction of sp³-hybridized carbons (Fsp3) is 0.261. The van der Waals surface area contributed by atoms with Gasteiger partial charge in [0.2, 0.25) is 5.91 Å². The third kappa shape index (κ3) is 4.94. The lowest BCUT2D eigenvalue weighted by Gasteiger charge is -2.32. The van der Waals surface area contributed by atoms with Crippen LogP contribution in [0.1, 0.15) is 18.4 Å². The van der Waals surface area contributed by atoms with Gasteiger partial charge in [0.1, 0.15) is 11.6 Å². The van der Waals surface area contributed by atoms with Crippen molar-refractivity contribution in [2.75, 3.05) is 18.0 Å². The number of benzene rings is 2. The van der Waals surface area contributed by atoms with Crippen molar-refractivity contribution in [3.05, 3.63) is 87.4 Å². The fourth-order valence-corrected chi connectivity index (χ4v) is 3.88. The van der Waals surface area contributed by atoms with Crippen LogP contribution in [0.25, 0.3) is 5.69 Å². The van der Waals surface area contributed by atoms with Crippen molar-refractivity contribution in [2.24, 2.45) is 5.92 Å².